The molecule has 4 aromatic heterocycles. The van der Waals surface area contributed by atoms with Gasteiger partial charge in [0, 0.05) is 9.75 Å². The highest BCUT2D eigenvalue weighted by atomic mass is 32.2. The highest BCUT2D eigenvalue weighted by Gasteiger charge is 2.30. The van der Waals surface area contributed by atoms with Crippen molar-refractivity contribution in [2.24, 2.45) is 0 Å². The third kappa shape index (κ3) is 3.79. The van der Waals surface area contributed by atoms with Gasteiger partial charge >= 0.3 is 0 Å². The molecule has 0 amide bonds. The molecule has 0 aromatic carbocycles. The molecule has 0 radical (unpaired) electrons. The maximum absolute atomic E-state index is 5.33. The molecule has 0 saturated heterocycles. The van der Waals surface area contributed by atoms with Crippen molar-refractivity contribution in [3.05, 3.63) is 45.7 Å². The minimum atomic E-state index is -0.186. The average molecular weight is 423 g/mol. The number of hydrogen-bond donors (Lipinski definition) is 2. The Kier molecular flexibility index (Phi) is 5.31. The van der Waals surface area contributed by atoms with Crippen LogP contribution in [0.2, 0.25) is 0 Å². The lowest BCUT2D eigenvalue weighted by atomic mass is 10.3. The largest absolute Gasteiger partial charge is 0.487 e. The molecule has 0 spiro atoms. The van der Waals surface area contributed by atoms with Gasteiger partial charge in [0.25, 0.3) is 0 Å². The molecule has 4 rings (SSSR count). The summed E-state index contributed by atoms with van der Waals surface area (Å²) in [6, 6.07) is 7.84. The molecule has 2 N–H and O–H groups in total. The number of H-pyrrole nitrogens is 2. The molecule has 2 unspecified atom stereocenters. The highest BCUT2D eigenvalue weighted by Crippen LogP contribution is 2.49. The Hall–Kier alpha value is -2.51. The van der Waals surface area contributed by atoms with E-state index in [0.717, 1.165) is 19.9 Å². The number of tetrazole rings is 2. The first kappa shape index (κ1) is 17.9. The number of nitrogens with zero attached hydrogens (tertiary/aromatic N) is 6. The van der Waals surface area contributed by atoms with Gasteiger partial charge in [-0.1, -0.05) is 10.4 Å². The lowest BCUT2D eigenvalue weighted by Gasteiger charge is -2.17. The van der Waals surface area contributed by atoms with Crippen LogP contribution in [0.15, 0.2) is 24.3 Å². The second-order valence-corrected chi connectivity index (χ2v) is 8.53. The van der Waals surface area contributed by atoms with Crippen LogP contribution in [0.25, 0.3) is 0 Å². The Bertz CT molecular complexity index is 890. The number of ether oxygens (including phenoxy) is 2. The Labute approximate surface area is 165 Å². The van der Waals surface area contributed by atoms with Gasteiger partial charge in [-0.2, -0.15) is 10.4 Å². The summed E-state index contributed by atoms with van der Waals surface area (Å²) in [4.78, 5) is 2.07. The Morgan fingerprint density at radius 1 is 0.815 bits per heavy atom. The monoisotopic (exact) mass is 422 g/mol. The fourth-order valence-electron chi connectivity index (χ4n) is 2.38. The first-order valence-electron chi connectivity index (χ1n) is 7.68. The Morgan fingerprint density at radius 3 is 1.63 bits per heavy atom. The molecule has 13 heteroatoms. The van der Waals surface area contributed by atoms with Crippen molar-refractivity contribution in [2.75, 3.05) is 14.2 Å². The van der Waals surface area contributed by atoms with Crippen molar-refractivity contribution in [1.82, 2.24) is 41.2 Å². The van der Waals surface area contributed by atoms with Crippen molar-refractivity contribution in [3.8, 4) is 10.1 Å². The number of aromatic amines is 2. The van der Waals surface area contributed by atoms with Crippen LogP contribution in [0.4, 0.5) is 0 Å². The van der Waals surface area contributed by atoms with E-state index in [0.29, 0.717) is 11.6 Å². The molecule has 27 heavy (non-hydrogen) atoms. The van der Waals surface area contributed by atoms with Crippen LogP contribution < -0.4 is 9.47 Å². The molecule has 0 bridgehead atoms. The molecule has 0 aliphatic carbocycles. The maximum atomic E-state index is 5.33. The molecule has 10 nitrogen and oxygen atoms in total. The van der Waals surface area contributed by atoms with E-state index in [1.165, 1.54) is 22.7 Å². The third-order valence-electron chi connectivity index (χ3n) is 3.59. The zero-order chi connectivity index (χ0) is 18.6. The van der Waals surface area contributed by atoms with Crippen molar-refractivity contribution in [2.45, 2.75) is 10.5 Å². The van der Waals surface area contributed by atoms with Crippen LogP contribution in [-0.2, 0) is 0 Å². The van der Waals surface area contributed by atoms with Gasteiger partial charge in [0.2, 0.25) is 0 Å². The van der Waals surface area contributed by atoms with Crippen LogP contribution in [0.3, 0.4) is 0 Å². The van der Waals surface area contributed by atoms with E-state index in [1.807, 2.05) is 24.3 Å². The number of thioether (sulfide) groups is 1. The first-order chi connectivity index (χ1) is 13.3. The van der Waals surface area contributed by atoms with Gasteiger partial charge in [0.05, 0.1) is 14.2 Å². The molecular formula is C14H14N8O2S3. The average Bonchev–Trinajstić information content (AvgIpc) is 3.50. The lowest BCUT2D eigenvalue weighted by molar-refractivity contribution is 0.427. The third-order valence-corrected chi connectivity index (χ3v) is 7.58. The lowest BCUT2D eigenvalue weighted by Crippen LogP contribution is -2.05. The van der Waals surface area contributed by atoms with Crippen molar-refractivity contribution < 1.29 is 9.47 Å². The van der Waals surface area contributed by atoms with E-state index in [4.69, 9.17) is 9.47 Å². The fraction of sp³-hybridized carbons (Fsp3) is 0.286. The van der Waals surface area contributed by atoms with E-state index in [-0.39, 0.29) is 10.5 Å². The predicted octanol–water partition coefficient (Wildman–Crippen LogP) is 2.47. The summed E-state index contributed by atoms with van der Waals surface area (Å²) in [6.07, 6.45) is 0. The number of nitrogens with one attached hydrogen (secondary N) is 2. The second-order valence-electron chi connectivity index (χ2n) is 5.16. The first-order valence-corrected chi connectivity index (χ1v) is 10.3. The minimum absolute atomic E-state index is 0.186. The van der Waals surface area contributed by atoms with Gasteiger partial charge in [0.15, 0.2) is 21.8 Å². The zero-order valence-electron chi connectivity index (χ0n) is 14.2. The van der Waals surface area contributed by atoms with E-state index in [2.05, 4.69) is 41.2 Å². The van der Waals surface area contributed by atoms with E-state index in [1.54, 1.807) is 26.0 Å². The Morgan fingerprint density at radius 2 is 1.30 bits per heavy atom. The molecule has 4 aromatic rings. The smallest absolute Gasteiger partial charge is 0.192 e. The standard InChI is InChI=1S/C14H14N8O2S3/c1-23-9-5-3-7(25-9)11(13-15-19-20-16-13)27-12(14-17-21-22-18-14)8-4-6-10(24-2)26-8/h3-6,11-12H,1-2H3,(H,15,16,19,20)(H,17,18,21,22). The summed E-state index contributed by atoms with van der Waals surface area (Å²) < 4.78 is 10.7. The fourth-order valence-corrected chi connectivity index (χ4v) is 5.74. The van der Waals surface area contributed by atoms with Gasteiger partial charge < -0.3 is 9.47 Å². The number of methoxy groups -OCH3 is 2. The zero-order valence-corrected chi connectivity index (χ0v) is 16.6. The number of rotatable bonds is 8. The van der Waals surface area contributed by atoms with Crippen LogP contribution >= 0.6 is 34.4 Å². The summed E-state index contributed by atoms with van der Waals surface area (Å²) in [5.74, 6) is 1.14. The van der Waals surface area contributed by atoms with Gasteiger partial charge in [0.1, 0.15) is 10.5 Å². The minimum Gasteiger partial charge on any atom is -0.487 e. The molecule has 0 saturated carbocycles. The van der Waals surface area contributed by atoms with Gasteiger partial charge in [-0.05, 0) is 24.3 Å². The number of hydrogen-bond acceptors (Lipinski definition) is 11. The van der Waals surface area contributed by atoms with E-state index >= 15 is 0 Å². The molecule has 0 aliphatic rings. The normalized spacial score (nSPS) is 13.4. The van der Waals surface area contributed by atoms with Gasteiger partial charge in [-0.3, -0.25) is 0 Å². The molecule has 0 aliphatic heterocycles. The summed E-state index contributed by atoms with van der Waals surface area (Å²) in [5, 5.41) is 30.5. The second kappa shape index (κ2) is 8.02. The van der Waals surface area contributed by atoms with Gasteiger partial charge in [-0.15, -0.1) is 54.8 Å². The summed E-state index contributed by atoms with van der Waals surface area (Å²) in [5.41, 5.74) is 0. The van der Waals surface area contributed by atoms with Crippen molar-refractivity contribution in [3.63, 3.8) is 0 Å². The topological polar surface area (TPSA) is 127 Å². The summed E-state index contributed by atoms with van der Waals surface area (Å²) in [7, 11) is 3.29. The summed E-state index contributed by atoms with van der Waals surface area (Å²) >= 11 is 4.67. The molecule has 0 fully saturated rings. The molecule has 140 valence electrons. The molecule has 4 heterocycles. The number of thiophene rings is 2. The summed E-state index contributed by atoms with van der Waals surface area (Å²) in [6.45, 7) is 0. The maximum Gasteiger partial charge on any atom is 0.192 e. The van der Waals surface area contributed by atoms with Crippen molar-refractivity contribution in [1.29, 1.82) is 0 Å². The van der Waals surface area contributed by atoms with Crippen LogP contribution in [0, 0.1) is 0 Å². The van der Waals surface area contributed by atoms with Crippen molar-refractivity contribution >= 4 is 34.4 Å². The van der Waals surface area contributed by atoms with E-state index < -0.39 is 0 Å². The van der Waals surface area contributed by atoms with Crippen LogP contribution in [-0.4, -0.2) is 55.5 Å². The highest BCUT2D eigenvalue weighted by molar-refractivity contribution is 8.00. The molecule has 2 atom stereocenters. The SMILES string of the molecule is COc1ccc(C(SC(c2nn[nH]n2)c2ccc(OC)s2)c2nn[nH]n2)s1. The van der Waals surface area contributed by atoms with Crippen LogP contribution in [0.1, 0.15) is 31.9 Å². The van der Waals surface area contributed by atoms with Gasteiger partial charge in [-0.25, -0.2) is 0 Å². The number of aromatic nitrogens is 8. The van der Waals surface area contributed by atoms with E-state index in [9.17, 15) is 0 Å². The molecular weight excluding hydrogens is 408 g/mol. The quantitative estimate of drug-likeness (QED) is 0.440. The van der Waals surface area contributed by atoms with Crippen LogP contribution in [0.5, 0.6) is 10.1 Å². The Balaban J connectivity index is 1.71. The predicted molar refractivity (Wildman–Crippen MR) is 101 cm³/mol.